The minimum atomic E-state index is -4.02. The topological polar surface area (TPSA) is 70.2 Å². The van der Waals surface area contributed by atoms with E-state index in [4.69, 9.17) is 16.3 Å². The van der Waals surface area contributed by atoms with Crippen molar-refractivity contribution in [3.63, 3.8) is 0 Å². The normalized spacial score (nSPS) is 24.0. The molecule has 0 spiro atoms. The van der Waals surface area contributed by atoms with Crippen LogP contribution in [0.15, 0.2) is 53.4 Å². The first kappa shape index (κ1) is 28.3. The molecule has 3 heterocycles. The van der Waals surface area contributed by atoms with Crippen LogP contribution < -0.4 is 0 Å². The van der Waals surface area contributed by atoms with Gasteiger partial charge in [0.15, 0.2) is 0 Å². The molecule has 2 atom stereocenters. The van der Waals surface area contributed by atoms with Gasteiger partial charge in [-0.3, -0.25) is 0 Å². The van der Waals surface area contributed by atoms with Crippen molar-refractivity contribution < 1.29 is 22.3 Å². The van der Waals surface area contributed by atoms with Gasteiger partial charge in [-0.2, -0.15) is 4.31 Å². The van der Waals surface area contributed by atoms with Gasteiger partial charge in [0, 0.05) is 24.2 Å². The number of nitrogens with zero attached hydrogens (tertiary/aromatic N) is 3. The lowest BCUT2D eigenvalue weighted by molar-refractivity contribution is 0.0449. The van der Waals surface area contributed by atoms with Crippen molar-refractivity contribution in [2.24, 2.45) is 0 Å². The number of hydrogen-bond donors (Lipinski definition) is 0. The van der Waals surface area contributed by atoms with E-state index in [2.05, 4.69) is 4.90 Å². The van der Waals surface area contributed by atoms with Crippen molar-refractivity contribution in [1.82, 2.24) is 14.1 Å². The first-order valence-corrected chi connectivity index (χ1v) is 15.8. The van der Waals surface area contributed by atoms with E-state index in [-0.39, 0.29) is 11.5 Å². The molecule has 0 radical (unpaired) electrons. The monoisotopic (exact) mass is 577 g/mol. The maximum atomic E-state index is 14.2. The van der Waals surface area contributed by atoms with Crippen molar-refractivity contribution in [3.8, 4) is 0 Å². The molecule has 39 heavy (non-hydrogen) atoms. The SMILES string of the molecule is O=C(OC[C@H]1CCC[C@@H](c2cccc(F)c2)N1S(=O)(=O)c1cccc(Cl)c1)N1CCC(N2CCCCC2)CC1. The van der Waals surface area contributed by atoms with Gasteiger partial charge in [0.2, 0.25) is 10.0 Å². The fraction of sp³-hybridized carbons (Fsp3) is 0.552. The Morgan fingerprint density at radius 1 is 0.923 bits per heavy atom. The average molecular weight is 578 g/mol. The molecule has 0 aliphatic carbocycles. The first-order chi connectivity index (χ1) is 18.8. The van der Waals surface area contributed by atoms with Crippen molar-refractivity contribution >= 4 is 27.7 Å². The third-order valence-corrected chi connectivity index (χ3v) is 10.5. The molecule has 2 aromatic carbocycles. The average Bonchev–Trinajstić information content (AvgIpc) is 2.96. The molecule has 212 valence electrons. The van der Waals surface area contributed by atoms with E-state index < -0.39 is 34.0 Å². The van der Waals surface area contributed by atoms with Crippen molar-refractivity contribution in [3.05, 3.63) is 64.9 Å². The molecular formula is C29H37ClFN3O4S. The summed E-state index contributed by atoms with van der Waals surface area (Å²) in [6, 6.07) is 11.6. The molecule has 5 rings (SSSR count). The van der Waals surface area contributed by atoms with Crippen LogP contribution in [0.1, 0.15) is 63.0 Å². The Bertz CT molecular complexity index is 1250. The van der Waals surface area contributed by atoms with Crippen LogP contribution in [0, 0.1) is 5.82 Å². The summed E-state index contributed by atoms with van der Waals surface area (Å²) in [5.41, 5.74) is 0.580. The number of likely N-dealkylation sites (tertiary alicyclic amines) is 2. The smallest absolute Gasteiger partial charge is 0.409 e. The van der Waals surface area contributed by atoms with Crippen molar-refractivity contribution in [2.75, 3.05) is 32.8 Å². The van der Waals surface area contributed by atoms with Crippen LogP contribution >= 0.6 is 11.6 Å². The molecule has 7 nitrogen and oxygen atoms in total. The minimum Gasteiger partial charge on any atom is -0.448 e. The van der Waals surface area contributed by atoms with Crippen LogP contribution in [-0.2, 0) is 14.8 Å². The van der Waals surface area contributed by atoms with Gasteiger partial charge >= 0.3 is 6.09 Å². The zero-order valence-electron chi connectivity index (χ0n) is 22.2. The molecular weight excluding hydrogens is 541 g/mol. The number of piperidine rings is 3. The third-order valence-electron chi connectivity index (χ3n) is 8.32. The highest BCUT2D eigenvalue weighted by Gasteiger charge is 2.41. The number of amides is 1. The van der Waals surface area contributed by atoms with E-state index >= 15 is 0 Å². The van der Waals surface area contributed by atoms with Gasteiger partial charge in [-0.05, 0) is 93.9 Å². The zero-order valence-corrected chi connectivity index (χ0v) is 23.8. The van der Waals surface area contributed by atoms with Gasteiger partial charge in [-0.15, -0.1) is 0 Å². The molecule has 0 unspecified atom stereocenters. The van der Waals surface area contributed by atoms with Gasteiger partial charge in [0.25, 0.3) is 0 Å². The predicted molar refractivity (Wildman–Crippen MR) is 149 cm³/mol. The Hall–Kier alpha value is -2.20. The highest BCUT2D eigenvalue weighted by Crippen LogP contribution is 2.39. The number of benzene rings is 2. The van der Waals surface area contributed by atoms with E-state index in [1.54, 1.807) is 29.2 Å². The van der Waals surface area contributed by atoms with E-state index in [9.17, 15) is 17.6 Å². The maximum Gasteiger partial charge on any atom is 0.409 e. The summed E-state index contributed by atoms with van der Waals surface area (Å²) in [6.45, 7) is 3.50. The van der Waals surface area contributed by atoms with E-state index in [1.165, 1.54) is 47.8 Å². The number of ether oxygens (including phenoxy) is 1. The van der Waals surface area contributed by atoms with Crippen LogP contribution in [0.4, 0.5) is 9.18 Å². The number of hydrogen-bond acceptors (Lipinski definition) is 5. The fourth-order valence-corrected chi connectivity index (χ4v) is 8.45. The molecule has 0 saturated carbocycles. The van der Waals surface area contributed by atoms with Crippen LogP contribution in [0.3, 0.4) is 0 Å². The number of sulfonamides is 1. The molecule has 0 bridgehead atoms. The lowest BCUT2D eigenvalue weighted by atomic mass is 9.93. The zero-order chi connectivity index (χ0) is 27.4. The maximum absolute atomic E-state index is 14.2. The molecule has 3 aliphatic heterocycles. The molecule has 1 amide bonds. The Balaban J connectivity index is 1.30. The number of rotatable bonds is 6. The Kier molecular flexibility index (Phi) is 9.11. The summed E-state index contributed by atoms with van der Waals surface area (Å²) >= 11 is 6.14. The lowest BCUT2D eigenvalue weighted by Crippen LogP contribution is -2.50. The molecule has 2 aromatic rings. The van der Waals surface area contributed by atoms with E-state index in [0.717, 1.165) is 32.4 Å². The van der Waals surface area contributed by atoms with Crippen molar-refractivity contribution in [1.29, 1.82) is 0 Å². The minimum absolute atomic E-state index is 0.0590. The first-order valence-electron chi connectivity index (χ1n) is 14.0. The molecule has 0 N–H and O–H groups in total. The molecule has 3 saturated heterocycles. The summed E-state index contributed by atoms with van der Waals surface area (Å²) < 4.78 is 49.3. The fourth-order valence-electron chi connectivity index (χ4n) is 6.31. The third kappa shape index (κ3) is 6.59. The summed E-state index contributed by atoms with van der Waals surface area (Å²) in [7, 11) is -4.02. The van der Waals surface area contributed by atoms with E-state index in [1.807, 2.05) is 0 Å². The van der Waals surface area contributed by atoms with Gasteiger partial charge in [-0.1, -0.05) is 36.2 Å². The van der Waals surface area contributed by atoms with Gasteiger partial charge in [-0.25, -0.2) is 17.6 Å². The summed E-state index contributed by atoms with van der Waals surface area (Å²) in [6.07, 6.45) is 7.04. The Morgan fingerprint density at radius 2 is 1.67 bits per heavy atom. The second-order valence-corrected chi connectivity index (χ2v) is 13.1. The van der Waals surface area contributed by atoms with Gasteiger partial charge in [0.1, 0.15) is 12.4 Å². The molecule has 10 heteroatoms. The van der Waals surface area contributed by atoms with Gasteiger partial charge in [0.05, 0.1) is 17.0 Å². The van der Waals surface area contributed by atoms with Crippen LogP contribution in [-0.4, -0.2) is 73.5 Å². The number of carbonyl (C=O) groups is 1. The summed E-state index contributed by atoms with van der Waals surface area (Å²) in [5.74, 6) is -0.422. The molecule has 0 aromatic heterocycles. The highest BCUT2D eigenvalue weighted by molar-refractivity contribution is 7.89. The number of carbonyl (C=O) groups excluding carboxylic acids is 1. The van der Waals surface area contributed by atoms with Crippen LogP contribution in [0.5, 0.6) is 0 Å². The second-order valence-electron chi connectivity index (χ2n) is 10.8. The van der Waals surface area contributed by atoms with Crippen LogP contribution in [0.25, 0.3) is 0 Å². The number of halogens is 2. The van der Waals surface area contributed by atoms with Crippen molar-refractivity contribution in [2.45, 2.75) is 74.4 Å². The predicted octanol–water partition coefficient (Wildman–Crippen LogP) is 5.85. The lowest BCUT2D eigenvalue weighted by Gasteiger charge is -2.42. The second kappa shape index (κ2) is 12.5. The summed E-state index contributed by atoms with van der Waals surface area (Å²) in [4.78, 5) is 17.4. The van der Waals surface area contributed by atoms with Gasteiger partial charge < -0.3 is 14.5 Å². The largest absolute Gasteiger partial charge is 0.448 e. The highest BCUT2D eigenvalue weighted by atomic mass is 35.5. The quantitative estimate of drug-likeness (QED) is 0.431. The standard InChI is InChI=1S/C29H37ClFN3O4S/c30-23-8-5-11-27(20-23)39(36,37)34-26(10-6-12-28(34)22-7-4-9-24(31)19-22)21-38-29(35)33-17-13-25(14-18-33)32-15-2-1-3-16-32/h4-5,7-9,11,19-20,25-26,28H,1-3,6,10,12-18,21H2/t26-,28+/m1/s1. The molecule has 3 fully saturated rings. The Morgan fingerprint density at radius 3 is 2.38 bits per heavy atom. The van der Waals surface area contributed by atoms with E-state index in [0.29, 0.717) is 42.6 Å². The summed E-state index contributed by atoms with van der Waals surface area (Å²) in [5, 5.41) is 0.311. The van der Waals surface area contributed by atoms with Crippen LogP contribution in [0.2, 0.25) is 5.02 Å². The molecule has 3 aliphatic rings. The Labute approximate surface area is 235 Å².